The van der Waals surface area contributed by atoms with Gasteiger partial charge in [-0.05, 0) is 36.8 Å². The van der Waals surface area contributed by atoms with Gasteiger partial charge in [-0.1, -0.05) is 29.8 Å². The molecule has 2 aromatic carbocycles. The molecular weight excluding hydrogens is 400 g/mol. The number of ether oxygens (including phenoxy) is 2. The molecule has 0 amide bonds. The lowest BCUT2D eigenvalue weighted by atomic mass is 10.2. The molecule has 0 aromatic heterocycles. The van der Waals surface area contributed by atoms with E-state index in [1.165, 1.54) is 12.1 Å². The standard InChI is InChI=1S/C20H24O6S2/c1-14-3-9-17(10-4-14)28(22,23)26-11-18-20(21)19(12-25-18)27-13-15-5-7-16(24-2)8-6-15/h3-10,18-21H,11-13H2,1-2H3/t18-,19-,20-/m0/s1. The van der Waals surface area contributed by atoms with E-state index in [-0.39, 0.29) is 16.8 Å². The van der Waals surface area contributed by atoms with Crippen LogP contribution in [0, 0.1) is 6.92 Å². The summed E-state index contributed by atoms with van der Waals surface area (Å²) >= 11 is 1.57. The van der Waals surface area contributed by atoms with Crippen LogP contribution in [0.25, 0.3) is 0 Å². The molecule has 0 spiro atoms. The molecule has 2 aromatic rings. The van der Waals surface area contributed by atoms with Gasteiger partial charge < -0.3 is 14.6 Å². The van der Waals surface area contributed by atoms with Crippen LogP contribution in [0.3, 0.4) is 0 Å². The van der Waals surface area contributed by atoms with Gasteiger partial charge in [0.05, 0.1) is 36.6 Å². The number of aryl methyl sites for hydroxylation is 1. The minimum Gasteiger partial charge on any atom is -0.497 e. The molecule has 3 rings (SSSR count). The Hall–Kier alpha value is -1.58. The number of aliphatic hydroxyl groups excluding tert-OH is 1. The fourth-order valence-corrected chi connectivity index (χ4v) is 4.87. The Labute approximate surface area is 169 Å². The van der Waals surface area contributed by atoms with Gasteiger partial charge in [-0.25, -0.2) is 0 Å². The average Bonchev–Trinajstić information content (AvgIpc) is 3.05. The van der Waals surface area contributed by atoms with Gasteiger partial charge in [-0.2, -0.15) is 8.42 Å². The third-order valence-electron chi connectivity index (χ3n) is 4.56. The normalized spacial score (nSPS) is 22.3. The highest BCUT2D eigenvalue weighted by Gasteiger charge is 2.37. The Morgan fingerprint density at radius 2 is 1.82 bits per heavy atom. The molecule has 0 bridgehead atoms. The summed E-state index contributed by atoms with van der Waals surface area (Å²) in [5, 5.41) is 10.3. The summed E-state index contributed by atoms with van der Waals surface area (Å²) in [5.74, 6) is 1.51. The third-order valence-corrected chi connectivity index (χ3v) is 7.20. The molecule has 1 aliphatic heterocycles. The lowest BCUT2D eigenvalue weighted by Crippen LogP contribution is -2.32. The maximum atomic E-state index is 12.3. The highest BCUT2D eigenvalue weighted by molar-refractivity contribution is 7.99. The first-order chi connectivity index (χ1) is 13.4. The molecule has 1 fully saturated rings. The van der Waals surface area contributed by atoms with E-state index in [2.05, 4.69) is 0 Å². The number of hydrogen-bond acceptors (Lipinski definition) is 7. The molecule has 1 saturated heterocycles. The SMILES string of the molecule is COc1ccc(CS[C@H]2CO[C@@H](COS(=O)(=O)c3ccc(C)cc3)[C@@H]2O)cc1. The smallest absolute Gasteiger partial charge is 0.297 e. The quantitative estimate of drug-likeness (QED) is 0.653. The van der Waals surface area contributed by atoms with E-state index in [0.717, 1.165) is 16.9 Å². The largest absolute Gasteiger partial charge is 0.497 e. The van der Waals surface area contributed by atoms with Crippen molar-refractivity contribution in [3.8, 4) is 5.75 Å². The first-order valence-electron chi connectivity index (χ1n) is 8.89. The van der Waals surface area contributed by atoms with E-state index in [1.54, 1.807) is 31.0 Å². The van der Waals surface area contributed by atoms with Gasteiger partial charge in [0, 0.05) is 5.75 Å². The fraction of sp³-hybridized carbons (Fsp3) is 0.400. The highest BCUT2D eigenvalue weighted by atomic mass is 32.2. The summed E-state index contributed by atoms with van der Waals surface area (Å²) in [4.78, 5) is 0.0935. The van der Waals surface area contributed by atoms with Gasteiger partial charge in [0.25, 0.3) is 10.1 Å². The van der Waals surface area contributed by atoms with Crippen LogP contribution in [0.4, 0.5) is 0 Å². The zero-order chi connectivity index (χ0) is 20.1. The molecule has 1 N–H and O–H groups in total. The molecule has 0 aliphatic carbocycles. The average molecular weight is 425 g/mol. The maximum absolute atomic E-state index is 12.3. The van der Waals surface area contributed by atoms with E-state index >= 15 is 0 Å². The summed E-state index contributed by atoms with van der Waals surface area (Å²) in [5.41, 5.74) is 2.07. The molecule has 152 valence electrons. The Kier molecular flexibility index (Phi) is 7.00. The molecule has 0 unspecified atom stereocenters. The van der Waals surface area contributed by atoms with E-state index in [0.29, 0.717) is 12.4 Å². The van der Waals surface area contributed by atoms with Crippen molar-refractivity contribution in [3.05, 3.63) is 59.7 Å². The second-order valence-electron chi connectivity index (χ2n) is 6.61. The molecular formula is C20H24O6S2. The van der Waals surface area contributed by atoms with Gasteiger partial charge >= 0.3 is 0 Å². The van der Waals surface area contributed by atoms with Crippen molar-refractivity contribution < 1.29 is 27.2 Å². The molecule has 1 aliphatic rings. The van der Waals surface area contributed by atoms with Crippen molar-refractivity contribution in [1.82, 2.24) is 0 Å². The van der Waals surface area contributed by atoms with Crippen molar-refractivity contribution >= 4 is 21.9 Å². The molecule has 6 nitrogen and oxygen atoms in total. The Bertz CT molecular complexity index is 865. The van der Waals surface area contributed by atoms with Crippen LogP contribution in [0.5, 0.6) is 5.75 Å². The number of methoxy groups -OCH3 is 1. The Balaban J connectivity index is 1.50. The first-order valence-corrected chi connectivity index (χ1v) is 11.3. The van der Waals surface area contributed by atoms with Crippen molar-refractivity contribution in [3.63, 3.8) is 0 Å². The van der Waals surface area contributed by atoms with Crippen LogP contribution in [0.15, 0.2) is 53.4 Å². The summed E-state index contributed by atoms with van der Waals surface area (Å²) in [7, 11) is -2.25. The van der Waals surface area contributed by atoms with Gasteiger partial charge in [0.1, 0.15) is 11.9 Å². The minimum absolute atomic E-state index is 0.0935. The summed E-state index contributed by atoms with van der Waals surface area (Å²) < 4.78 is 40.4. The van der Waals surface area contributed by atoms with Gasteiger partial charge in [-0.3, -0.25) is 4.18 Å². The predicted molar refractivity (Wildman–Crippen MR) is 108 cm³/mol. The van der Waals surface area contributed by atoms with E-state index in [1.807, 2.05) is 31.2 Å². The molecule has 0 saturated carbocycles. The van der Waals surface area contributed by atoms with Crippen molar-refractivity contribution in [2.24, 2.45) is 0 Å². The van der Waals surface area contributed by atoms with Gasteiger partial charge in [-0.15, -0.1) is 11.8 Å². The van der Waals surface area contributed by atoms with Crippen LogP contribution in [0.2, 0.25) is 0 Å². The summed E-state index contributed by atoms with van der Waals surface area (Å²) in [6.45, 7) is 2.02. The summed E-state index contributed by atoms with van der Waals surface area (Å²) in [6, 6.07) is 14.2. The molecule has 0 radical (unpaired) electrons. The van der Waals surface area contributed by atoms with Crippen LogP contribution in [0.1, 0.15) is 11.1 Å². The number of hydrogen-bond donors (Lipinski definition) is 1. The third kappa shape index (κ3) is 5.27. The van der Waals surface area contributed by atoms with Crippen molar-refractivity contribution in [1.29, 1.82) is 0 Å². The van der Waals surface area contributed by atoms with E-state index < -0.39 is 22.3 Å². The lowest BCUT2D eigenvalue weighted by Gasteiger charge is -2.17. The monoisotopic (exact) mass is 424 g/mol. The number of benzene rings is 2. The lowest BCUT2D eigenvalue weighted by molar-refractivity contribution is 0.0128. The predicted octanol–water partition coefficient (Wildman–Crippen LogP) is 2.77. The zero-order valence-electron chi connectivity index (χ0n) is 15.8. The molecule has 1 heterocycles. The molecule has 3 atom stereocenters. The fourth-order valence-electron chi connectivity index (χ4n) is 2.80. The molecule has 8 heteroatoms. The van der Waals surface area contributed by atoms with Crippen LogP contribution < -0.4 is 4.74 Å². The summed E-state index contributed by atoms with van der Waals surface area (Å²) in [6.07, 6.45) is -1.47. The Morgan fingerprint density at radius 1 is 1.14 bits per heavy atom. The number of thioether (sulfide) groups is 1. The second-order valence-corrected chi connectivity index (χ2v) is 9.45. The van der Waals surface area contributed by atoms with Crippen LogP contribution in [-0.4, -0.2) is 51.3 Å². The zero-order valence-corrected chi connectivity index (χ0v) is 17.4. The maximum Gasteiger partial charge on any atom is 0.297 e. The number of rotatable bonds is 8. The van der Waals surface area contributed by atoms with Crippen molar-refractivity contribution in [2.45, 2.75) is 35.0 Å². The van der Waals surface area contributed by atoms with Crippen LogP contribution >= 0.6 is 11.8 Å². The van der Waals surface area contributed by atoms with Crippen molar-refractivity contribution in [2.75, 3.05) is 20.3 Å². The second kappa shape index (κ2) is 9.28. The minimum atomic E-state index is -3.88. The Morgan fingerprint density at radius 3 is 2.46 bits per heavy atom. The van der Waals surface area contributed by atoms with E-state index in [4.69, 9.17) is 13.7 Å². The van der Waals surface area contributed by atoms with Crippen LogP contribution in [-0.2, 0) is 24.8 Å². The molecule has 28 heavy (non-hydrogen) atoms. The van der Waals surface area contributed by atoms with Gasteiger partial charge in [0.2, 0.25) is 0 Å². The number of aliphatic hydroxyl groups is 1. The first kappa shape index (κ1) is 21.1. The van der Waals surface area contributed by atoms with E-state index in [9.17, 15) is 13.5 Å². The van der Waals surface area contributed by atoms with Gasteiger partial charge in [0.15, 0.2) is 0 Å². The topological polar surface area (TPSA) is 82.1 Å². The highest BCUT2D eigenvalue weighted by Crippen LogP contribution is 2.29.